The third-order valence-electron chi connectivity index (χ3n) is 11.7. The third-order valence-corrected chi connectivity index (χ3v) is 12.7. The van der Waals surface area contributed by atoms with E-state index in [4.69, 9.17) is 55.9 Å². The number of carbonyl (C=O) groups is 6. The van der Waals surface area contributed by atoms with Gasteiger partial charge in [-0.15, -0.1) is 11.8 Å². The number of hydrogen-bond acceptors (Lipinski definition) is 10. The quantitative estimate of drug-likeness (QED) is 0.0247. The van der Waals surface area contributed by atoms with Crippen LogP contribution in [0.15, 0.2) is 47.6 Å². The molecule has 0 radical (unpaired) electrons. The van der Waals surface area contributed by atoms with Crippen molar-refractivity contribution in [1.82, 2.24) is 25.3 Å². The lowest BCUT2D eigenvalue weighted by Gasteiger charge is -2.35. The summed E-state index contributed by atoms with van der Waals surface area (Å²) in [6.45, 7) is 15.6. The van der Waals surface area contributed by atoms with Crippen molar-refractivity contribution in [2.45, 2.75) is 141 Å². The van der Waals surface area contributed by atoms with Gasteiger partial charge in [0.05, 0.1) is 24.7 Å². The first kappa shape index (κ1) is 62.0. The van der Waals surface area contributed by atoms with Gasteiger partial charge in [-0.3, -0.25) is 24.0 Å². The number of aliphatic hydroxyl groups is 1. The fourth-order valence-corrected chi connectivity index (χ4v) is 7.79. The Morgan fingerprint density at radius 1 is 0.910 bits per heavy atom. The van der Waals surface area contributed by atoms with Crippen LogP contribution in [0.25, 0.3) is 0 Å². The number of hydrogen-bond donors (Lipinski definition) is 3. The largest absolute Gasteiger partial charge is 0.460 e. The van der Waals surface area contributed by atoms with Gasteiger partial charge in [-0.2, -0.15) is 0 Å². The van der Waals surface area contributed by atoms with Gasteiger partial charge in [0.1, 0.15) is 30.8 Å². The lowest BCUT2D eigenvalue weighted by Crippen LogP contribution is -2.58. The minimum Gasteiger partial charge on any atom is -0.460 e. The topological polar surface area (TPSA) is 175 Å². The molecule has 1 aromatic rings. The van der Waals surface area contributed by atoms with Gasteiger partial charge in [0.2, 0.25) is 33.3 Å². The zero-order chi connectivity index (χ0) is 51.3. The highest BCUT2D eigenvalue weighted by Crippen LogP contribution is 2.27. The molecule has 0 fully saturated rings. The van der Waals surface area contributed by atoms with E-state index in [0.717, 1.165) is 10.5 Å². The average Bonchev–Trinajstić information content (AvgIpc) is 3.28. The Bertz CT molecular complexity index is 1830. The number of likely N-dealkylation sites (N-methyl/N-ethyl adjacent to an activating group) is 3. The molecule has 0 aliphatic heterocycles. The SMILES string of the molecule is C/C=C(\C)C(O)C(C)C(C/C=C(\C)C(=O)N(C)C(CC(C)C)C(=O)NC(CCC)C(=O)N(C)C(Cc1ccc(Cl)cc1)C(=O)N(C)CC(=O)NC(C(=O)OCC(Cl)(Cl)Cl)C(C)CC)OCSC. The molecular weight excluding hydrogens is 964 g/mol. The number of nitrogens with zero attached hydrogens (tertiary/aromatic N) is 3. The van der Waals surface area contributed by atoms with Crippen LogP contribution in [0.3, 0.4) is 0 Å². The summed E-state index contributed by atoms with van der Waals surface area (Å²) in [5, 5.41) is 17.0. The van der Waals surface area contributed by atoms with E-state index < -0.39 is 76.8 Å². The molecule has 0 aliphatic carbocycles. The van der Waals surface area contributed by atoms with E-state index in [0.29, 0.717) is 47.8 Å². The summed E-state index contributed by atoms with van der Waals surface area (Å²) < 4.78 is 9.38. The normalized spacial score (nSPS) is 15.9. The molecular formula is C48H75Cl4N5O9S. The second-order valence-electron chi connectivity index (χ2n) is 17.6. The number of esters is 1. The molecule has 67 heavy (non-hydrogen) atoms. The summed E-state index contributed by atoms with van der Waals surface area (Å²) in [5.41, 5.74) is 1.88. The number of allylic oxidation sites excluding steroid dienone is 1. The zero-order valence-electron chi connectivity index (χ0n) is 41.5. The second kappa shape index (κ2) is 30.5. The highest BCUT2D eigenvalue weighted by atomic mass is 35.6. The molecule has 0 spiro atoms. The van der Waals surface area contributed by atoms with Gasteiger partial charge in [0, 0.05) is 44.1 Å². The van der Waals surface area contributed by atoms with Crippen LogP contribution in [0.2, 0.25) is 5.02 Å². The molecule has 0 aliphatic rings. The van der Waals surface area contributed by atoms with Crippen molar-refractivity contribution in [3.05, 3.63) is 58.1 Å². The van der Waals surface area contributed by atoms with Gasteiger partial charge in [-0.25, -0.2) is 4.79 Å². The van der Waals surface area contributed by atoms with E-state index >= 15 is 0 Å². The maximum Gasteiger partial charge on any atom is 0.329 e. The fourth-order valence-electron chi connectivity index (χ4n) is 7.19. The summed E-state index contributed by atoms with van der Waals surface area (Å²) >= 11 is 25.0. The van der Waals surface area contributed by atoms with Crippen molar-refractivity contribution in [3.63, 3.8) is 0 Å². The molecule has 0 saturated heterocycles. The highest BCUT2D eigenvalue weighted by Gasteiger charge is 2.37. The number of aliphatic hydroxyl groups excluding tert-OH is 1. The molecule has 8 atom stereocenters. The molecule has 380 valence electrons. The number of ether oxygens (including phenoxy) is 2. The molecule has 0 aromatic heterocycles. The zero-order valence-corrected chi connectivity index (χ0v) is 45.3. The highest BCUT2D eigenvalue weighted by molar-refractivity contribution is 7.98. The lowest BCUT2D eigenvalue weighted by molar-refractivity contribution is -0.150. The lowest BCUT2D eigenvalue weighted by atomic mass is 9.90. The van der Waals surface area contributed by atoms with Crippen LogP contribution in [-0.4, -0.2) is 142 Å². The van der Waals surface area contributed by atoms with Crippen LogP contribution in [0.4, 0.5) is 0 Å². The molecule has 14 nitrogen and oxygen atoms in total. The van der Waals surface area contributed by atoms with Crippen LogP contribution >= 0.6 is 58.2 Å². The Morgan fingerprint density at radius 3 is 2.04 bits per heavy atom. The first-order valence-electron chi connectivity index (χ1n) is 22.7. The molecule has 5 amide bonds. The van der Waals surface area contributed by atoms with Gasteiger partial charge < -0.3 is 39.9 Å². The maximum atomic E-state index is 14.5. The van der Waals surface area contributed by atoms with Gasteiger partial charge in [-0.1, -0.05) is 125 Å². The Labute approximate surface area is 423 Å². The van der Waals surface area contributed by atoms with Crippen molar-refractivity contribution in [1.29, 1.82) is 0 Å². The van der Waals surface area contributed by atoms with Gasteiger partial charge >= 0.3 is 5.97 Å². The smallest absolute Gasteiger partial charge is 0.329 e. The summed E-state index contributed by atoms with van der Waals surface area (Å²) in [5.74, 6) is -3.77. The molecule has 0 bridgehead atoms. The molecule has 1 rings (SSSR count). The predicted molar refractivity (Wildman–Crippen MR) is 271 cm³/mol. The standard InChI is InChI=1S/C48H75Cl4N5O9S/c1-14-17-36(53-43(60)37(24-29(4)5)56(11)44(61)32(8)18-23-39(66-28-67-13)33(9)42(59)31(7)16-3)45(62)57(12)38(25-34-19-21-35(49)22-20-34)46(63)55(10)26-40(58)54-41(30(6)15-2)47(64)65-27-48(50,51)52/h16,18-22,29-30,33,36-39,41-42,59H,14-15,17,23-28H2,1-13H3,(H,53,60)(H,54,58)/b31-16+,32-18+. The third kappa shape index (κ3) is 21.2. The van der Waals surface area contributed by atoms with Crippen molar-refractivity contribution in [2.24, 2.45) is 17.8 Å². The van der Waals surface area contributed by atoms with Crippen LogP contribution in [0, 0.1) is 17.8 Å². The Morgan fingerprint density at radius 2 is 1.52 bits per heavy atom. The van der Waals surface area contributed by atoms with Crippen molar-refractivity contribution >= 4 is 93.7 Å². The van der Waals surface area contributed by atoms with Crippen molar-refractivity contribution < 1.29 is 43.3 Å². The molecule has 0 heterocycles. The minimum absolute atomic E-state index is 0.0126. The number of amides is 5. The second-order valence-corrected chi connectivity index (χ2v) is 21.4. The summed E-state index contributed by atoms with van der Waals surface area (Å²) in [7, 11) is 4.43. The predicted octanol–water partition coefficient (Wildman–Crippen LogP) is 7.78. The molecule has 8 unspecified atom stereocenters. The first-order chi connectivity index (χ1) is 31.2. The Balaban J connectivity index is 3.47. The summed E-state index contributed by atoms with van der Waals surface area (Å²) in [6, 6.07) is 2.48. The van der Waals surface area contributed by atoms with E-state index in [2.05, 4.69) is 10.6 Å². The van der Waals surface area contributed by atoms with Crippen LogP contribution in [0.1, 0.15) is 100.0 Å². The number of carbonyl (C=O) groups excluding carboxylic acids is 6. The number of alkyl halides is 3. The molecule has 3 N–H and O–H groups in total. The van der Waals surface area contributed by atoms with E-state index in [9.17, 15) is 33.9 Å². The van der Waals surface area contributed by atoms with E-state index in [-0.39, 0.29) is 42.6 Å². The number of thioether (sulfide) groups is 1. The molecule has 19 heteroatoms. The van der Waals surface area contributed by atoms with Crippen LogP contribution < -0.4 is 10.6 Å². The van der Waals surface area contributed by atoms with E-state index in [1.54, 1.807) is 51.2 Å². The Hall–Kier alpha value is -3.05. The molecule has 0 saturated carbocycles. The van der Waals surface area contributed by atoms with E-state index in [1.807, 2.05) is 60.8 Å². The van der Waals surface area contributed by atoms with E-state index in [1.165, 1.54) is 35.7 Å². The van der Waals surface area contributed by atoms with Crippen molar-refractivity contribution in [3.8, 4) is 0 Å². The molecule has 1 aromatic carbocycles. The van der Waals surface area contributed by atoms with Crippen LogP contribution in [-0.2, 0) is 44.7 Å². The van der Waals surface area contributed by atoms with Gasteiger partial charge in [0.15, 0.2) is 0 Å². The number of benzene rings is 1. The van der Waals surface area contributed by atoms with Crippen molar-refractivity contribution in [2.75, 3.05) is 46.5 Å². The monoisotopic (exact) mass is 1040 g/mol. The van der Waals surface area contributed by atoms with Gasteiger partial charge in [0.25, 0.3) is 0 Å². The number of halogens is 4. The van der Waals surface area contributed by atoms with Crippen LogP contribution in [0.5, 0.6) is 0 Å². The minimum atomic E-state index is -1.86. The maximum absolute atomic E-state index is 14.5. The summed E-state index contributed by atoms with van der Waals surface area (Å²) in [4.78, 5) is 87.4. The number of nitrogens with one attached hydrogen (secondary N) is 2. The van der Waals surface area contributed by atoms with Gasteiger partial charge in [-0.05, 0) is 81.4 Å². The summed E-state index contributed by atoms with van der Waals surface area (Å²) in [6.07, 6.45) is 6.32. The number of rotatable bonds is 28. The average molecular weight is 1040 g/mol. The fraction of sp³-hybridized carbons (Fsp3) is 0.667. The Kier molecular flexibility index (Phi) is 28.2. The first-order valence-corrected chi connectivity index (χ1v) is 25.6.